The Labute approximate surface area is 94.8 Å². The maximum Gasteiger partial charge on any atom is 0.257 e. The number of nitrogens with two attached hydrogens (primary N) is 1. The van der Waals surface area contributed by atoms with Gasteiger partial charge in [-0.05, 0) is 30.9 Å². The molecule has 4 heteroatoms. The number of carbonyl (C=O) groups excluding carboxylic acids is 1. The molecule has 0 aliphatic heterocycles. The van der Waals surface area contributed by atoms with Crippen molar-refractivity contribution in [1.29, 1.82) is 0 Å². The summed E-state index contributed by atoms with van der Waals surface area (Å²) < 4.78 is 5.13. The summed E-state index contributed by atoms with van der Waals surface area (Å²) in [5.74, 6) is 1.02. The first-order valence-corrected chi connectivity index (χ1v) is 5.43. The van der Waals surface area contributed by atoms with E-state index in [4.69, 9.17) is 10.5 Å². The van der Waals surface area contributed by atoms with Crippen molar-refractivity contribution >= 4 is 11.6 Å². The molecule has 1 aliphatic rings. The van der Waals surface area contributed by atoms with Crippen LogP contribution in [-0.4, -0.2) is 19.6 Å². The van der Waals surface area contributed by atoms with E-state index in [1.807, 2.05) is 0 Å². The molecule has 0 spiro atoms. The minimum absolute atomic E-state index is 0.151. The molecule has 1 amide bonds. The van der Waals surface area contributed by atoms with Crippen LogP contribution in [0.4, 0.5) is 5.69 Å². The minimum atomic E-state index is -0.151. The van der Waals surface area contributed by atoms with Crippen LogP contribution in [0.3, 0.4) is 0 Å². The summed E-state index contributed by atoms with van der Waals surface area (Å²) in [6, 6.07) is 5.21. The summed E-state index contributed by atoms with van der Waals surface area (Å²) in [5, 5.41) is 2.88. The highest BCUT2D eigenvalue weighted by molar-refractivity contribution is 6.01. The highest BCUT2D eigenvalue weighted by atomic mass is 16.5. The van der Waals surface area contributed by atoms with Crippen LogP contribution in [0.1, 0.15) is 23.2 Å². The van der Waals surface area contributed by atoms with Gasteiger partial charge in [0.15, 0.2) is 0 Å². The number of hydrogen-bond acceptors (Lipinski definition) is 3. The summed E-state index contributed by atoms with van der Waals surface area (Å²) in [7, 11) is 1.53. The quantitative estimate of drug-likeness (QED) is 0.754. The third kappa shape index (κ3) is 2.27. The van der Waals surface area contributed by atoms with Gasteiger partial charge in [0, 0.05) is 12.2 Å². The normalized spacial score (nSPS) is 14.6. The summed E-state index contributed by atoms with van der Waals surface area (Å²) >= 11 is 0. The van der Waals surface area contributed by atoms with E-state index in [0.717, 1.165) is 6.54 Å². The molecule has 1 fully saturated rings. The van der Waals surface area contributed by atoms with Crippen LogP contribution < -0.4 is 15.8 Å². The Morgan fingerprint density at radius 1 is 1.56 bits per heavy atom. The van der Waals surface area contributed by atoms with Crippen LogP contribution in [0.15, 0.2) is 18.2 Å². The molecule has 3 N–H and O–H groups in total. The highest BCUT2D eigenvalue weighted by Gasteiger charge is 2.23. The van der Waals surface area contributed by atoms with E-state index in [9.17, 15) is 4.79 Å². The second-order valence-corrected chi connectivity index (χ2v) is 4.08. The van der Waals surface area contributed by atoms with Crippen molar-refractivity contribution in [2.45, 2.75) is 12.8 Å². The number of nitrogen functional groups attached to an aromatic ring is 1. The van der Waals surface area contributed by atoms with Crippen molar-refractivity contribution in [2.75, 3.05) is 19.4 Å². The molecule has 0 unspecified atom stereocenters. The fraction of sp³-hybridized carbons (Fsp3) is 0.417. The Morgan fingerprint density at radius 3 is 2.94 bits per heavy atom. The maximum atomic E-state index is 11.9. The molecular weight excluding hydrogens is 204 g/mol. The molecule has 0 heterocycles. The summed E-state index contributed by atoms with van der Waals surface area (Å²) in [4.78, 5) is 11.9. The fourth-order valence-electron chi connectivity index (χ4n) is 1.61. The van der Waals surface area contributed by atoms with Crippen LogP contribution >= 0.6 is 0 Å². The first-order valence-electron chi connectivity index (χ1n) is 5.43. The van der Waals surface area contributed by atoms with Crippen LogP contribution in [0.2, 0.25) is 0 Å². The Kier molecular flexibility index (Phi) is 2.99. The third-order valence-corrected chi connectivity index (χ3v) is 2.75. The largest absolute Gasteiger partial charge is 0.496 e. The molecule has 0 aromatic heterocycles. The average molecular weight is 220 g/mol. The number of rotatable bonds is 4. The second-order valence-electron chi connectivity index (χ2n) is 4.08. The second kappa shape index (κ2) is 4.43. The van der Waals surface area contributed by atoms with E-state index in [0.29, 0.717) is 22.9 Å². The fourth-order valence-corrected chi connectivity index (χ4v) is 1.61. The Hall–Kier alpha value is -1.71. The van der Waals surface area contributed by atoms with Crippen molar-refractivity contribution in [2.24, 2.45) is 5.92 Å². The van der Waals surface area contributed by atoms with Gasteiger partial charge in [-0.2, -0.15) is 0 Å². The van der Waals surface area contributed by atoms with Crippen LogP contribution in [-0.2, 0) is 0 Å². The van der Waals surface area contributed by atoms with E-state index >= 15 is 0 Å². The molecule has 0 saturated heterocycles. The molecule has 1 aromatic carbocycles. The van der Waals surface area contributed by atoms with Crippen molar-refractivity contribution in [3.8, 4) is 5.75 Å². The molecule has 1 saturated carbocycles. The lowest BCUT2D eigenvalue weighted by Crippen LogP contribution is -2.26. The SMILES string of the molecule is COc1cccc(N)c1C(=O)NCC1CC1. The highest BCUT2D eigenvalue weighted by Crippen LogP contribution is 2.28. The van der Waals surface area contributed by atoms with Gasteiger partial charge in [0.25, 0.3) is 5.91 Å². The number of carbonyl (C=O) groups is 1. The number of anilines is 1. The zero-order chi connectivity index (χ0) is 11.5. The number of benzene rings is 1. The van der Waals surface area contributed by atoms with Gasteiger partial charge in [0.1, 0.15) is 11.3 Å². The minimum Gasteiger partial charge on any atom is -0.496 e. The molecule has 86 valence electrons. The summed E-state index contributed by atoms with van der Waals surface area (Å²) in [6.45, 7) is 0.732. The average Bonchev–Trinajstić information content (AvgIpc) is 3.09. The van der Waals surface area contributed by atoms with Crippen LogP contribution in [0.5, 0.6) is 5.75 Å². The molecular formula is C12H16N2O2. The Balaban J connectivity index is 2.13. The Bertz CT molecular complexity index is 400. The van der Waals surface area contributed by atoms with Crippen molar-refractivity contribution in [1.82, 2.24) is 5.32 Å². The molecule has 2 rings (SSSR count). The lowest BCUT2D eigenvalue weighted by molar-refractivity contribution is 0.0949. The van der Waals surface area contributed by atoms with E-state index in [1.165, 1.54) is 20.0 Å². The zero-order valence-corrected chi connectivity index (χ0v) is 9.32. The monoisotopic (exact) mass is 220 g/mol. The van der Waals surface area contributed by atoms with Gasteiger partial charge >= 0.3 is 0 Å². The lowest BCUT2D eigenvalue weighted by Gasteiger charge is -2.11. The number of hydrogen-bond donors (Lipinski definition) is 2. The molecule has 0 atom stereocenters. The van der Waals surface area contributed by atoms with Gasteiger partial charge in [0.2, 0.25) is 0 Å². The van der Waals surface area contributed by atoms with E-state index in [-0.39, 0.29) is 5.91 Å². The molecule has 1 aromatic rings. The van der Waals surface area contributed by atoms with Gasteiger partial charge in [-0.3, -0.25) is 4.79 Å². The topological polar surface area (TPSA) is 64.3 Å². The standard InChI is InChI=1S/C12H16N2O2/c1-16-10-4-2-3-9(13)11(10)12(15)14-7-8-5-6-8/h2-4,8H,5-7,13H2,1H3,(H,14,15). The van der Waals surface area contributed by atoms with E-state index < -0.39 is 0 Å². The van der Waals surface area contributed by atoms with Gasteiger partial charge in [-0.25, -0.2) is 0 Å². The van der Waals surface area contributed by atoms with Crippen molar-refractivity contribution in [3.63, 3.8) is 0 Å². The van der Waals surface area contributed by atoms with Crippen LogP contribution in [0, 0.1) is 5.92 Å². The van der Waals surface area contributed by atoms with E-state index in [2.05, 4.69) is 5.32 Å². The third-order valence-electron chi connectivity index (χ3n) is 2.75. The molecule has 4 nitrogen and oxygen atoms in total. The summed E-state index contributed by atoms with van der Waals surface area (Å²) in [6.07, 6.45) is 2.42. The van der Waals surface area contributed by atoms with Gasteiger partial charge in [-0.1, -0.05) is 6.07 Å². The Morgan fingerprint density at radius 2 is 2.31 bits per heavy atom. The molecule has 1 aliphatic carbocycles. The lowest BCUT2D eigenvalue weighted by atomic mass is 10.1. The van der Waals surface area contributed by atoms with Crippen molar-refractivity contribution in [3.05, 3.63) is 23.8 Å². The van der Waals surface area contributed by atoms with Gasteiger partial charge in [0.05, 0.1) is 7.11 Å². The number of ether oxygens (including phenoxy) is 1. The molecule has 16 heavy (non-hydrogen) atoms. The zero-order valence-electron chi connectivity index (χ0n) is 9.32. The van der Waals surface area contributed by atoms with Gasteiger partial charge in [-0.15, -0.1) is 0 Å². The number of methoxy groups -OCH3 is 1. The van der Waals surface area contributed by atoms with E-state index in [1.54, 1.807) is 18.2 Å². The number of amides is 1. The summed E-state index contributed by atoms with van der Waals surface area (Å²) in [5.41, 5.74) is 6.67. The predicted octanol–water partition coefficient (Wildman–Crippen LogP) is 1.42. The van der Waals surface area contributed by atoms with Gasteiger partial charge < -0.3 is 15.8 Å². The maximum absolute atomic E-state index is 11.9. The molecule has 0 radical (unpaired) electrons. The predicted molar refractivity (Wildman–Crippen MR) is 62.5 cm³/mol. The molecule has 0 bridgehead atoms. The van der Waals surface area contributed by atoms with Crippen molar-refractivity contribution < 1.29 is 9.53 Å². The smallest absolute Gasteiger partial charge is 0.257 e. The number of nitrogens with one attached hydrogen (secondary N) is 1. The van der Waals surface area contributed by atoms with Crippen LogP contribution in [0.25, 0.3) is 0 Å². The first-order chi connectivity index (χ1) is 7.72. The first kappa shape index (κ1) is 10.8.